The maximum absolute atomic E-state index is 5.45. The van der Waals surface area contributed by atoms with Crippen LogP contribution in [0.25, 0.3) is 10.9 Å². The molecule has 0 unspecified atom stereocenters. The van der Waals surface area contributed by atoms with Gasteiger partial charge in [0.25, 0.3) is 0 Å². The smallest absolute Gasteiger partial charge is 0.145 e. The largest absolute Gasteiger partial charge is 0.379 e. The zero-order valence-corrected chi connectivity index (χ0v) is 16.2. The van der Waals surface area contributed by atoms with E-state index in [2.05, 4.69) is 33.3 Å². The van der Waals surface area contributed by atoms with Crippen molar-refractivity contribution in [2.24, 2.45) is 0 Å². The number of aromatic nitrogens is 2. The third-order valence-electron chi connectivity index (χ3n) is 5.51. The topological polar surface area (TPSA) is 53.5 Å². The highest BCUT2D eigenvalue weighted by Crippen LogP contribution is 2.21. The first-order chi connectivity index (χ1) is 13.4. The van der Waals surface area contributed by atoms with Gasteiger partial charge in [-0.05, 0) is 57.5 Å². The highest BCUT2D eigenvalue weighted by atomic mass is 16.5. The Morgan fingerprint density at radius 1 is 0.926 bits per heavy atom. The second-order valence-corrected chi connectivity index (χ2v) is 7.58. The Morgan fingerprint density at radius 2 is 1.74 bits per heavy atom. The summed E-state index contributed by atoms with van der Waals surface area (Å²) in [7, 11) is 0. The molecule has 6 heteroatoms. The van der Waals surface area contributed by atoms with Crippen LogP contribution in [-0.4, -0.2) is 72.3 Å². The molecule has 4 rings (SSSR count). The van der Waals surface area contributed by atoms with Crippen LogP contribution in [0.3, 0.4) is 0 Å². The Bertz CT molecular complexity index is 726. The predicted octanol–water partition coefficient (Wildman–Crippen LogP) is 2.75. The predicted molar refractivity (Wildman–Crippen MR) is 109 cm³/mol. The number of ether oxygens (including phenoxy) is 1. The first-order valence-corrected chi connectivity index (χ1v) is 10.4. The van der Waals surface area contributed by atoms with Gasteiger partial charge in [-0.3, -0.25) is 4.90 Å². The van der Waals surface area contributed by atoms with Gasteiger partial charge >= 0.3 is 0 Å². The van der Waals surface area contributed by atoms with Gasteiger partial charge in [0.05, 0.1) is 25.3 Å². The van der Waals surface area contributed by atoms with Gasteiger partial charge < -0.3 is 15.0 Å². The monoisotopic (exact) mass is 369 g/mol. The lowest BCUT2D eigenvalue weighted by Crippen LogP contribution is -2.36. The van der Waals surface area contributed by atoms with Crippen molar-refractivity contribution < 1.29 is 4.74 Å². The number of likely N-dealkylation sites (tertiary alicyclic amines) is 1. The SMILES string of the molecule is c1ccc2c(NCCCCN3CCCC3)nc(CN3CCOCC3)nc2c1. The molecule has 2 aromatic rings. The second kappa shape index (κ2) is 9.44. The number of benzene rings is 1. The number of hydrogen-bond acceptors (Lipinski definition) is 6. The van der Waals surface area contributed by atoms with Gasteiger partial charge in [-0.2, -0.15) is 0 Å². The van der Waals surface area contributed by atoms with Gasteiger partial charge in [0.2, 0.25) is 0 Å². The highest BCUT2D eigenvalue weighted by Gasteiger charge is 2.14. The molecule has 2 fully saturated rings. The minimum absolute atomic E-state index is 0.790. The van der Waals surface area contributed by atoms with Gasteiger partial charge in [0.15, 0.2) is 0 Å². The van der Waals surface area contributed by atoms with Crippen molar-refractivity contribution in [2.75, 3.05) is 57.8 Å². The fourth-order valence-electron chi connectivity index (χ4n) is 3.96. The van der Waals surface area contributed by atoms with Gasteiger partial charge in [-0.15, -0.1) is 0 Å². The summed E-state index contributed by atoms with van der Waals surface area (Å²) in [6.45, 7) is 9.07. The first kappa shape index (κ1) is 18.6. The van der Waals surface area contributed by atoms with Crippen LogP contribution in [0.1, 0.15) is 31.5 Å². The molecule has 0 aliphatic carbocycles. The molecule has 0 spiro atoms. The lowest BCUT2D eigenvalue weighted by Gasteiger charge is -2.26. The molecule has 27 heavy (non-hydrogen) atoms. The molecule has 0 bridgehead atoms. The number of rotatable bonds is 8. The molecule has 2 aliphatic rings. The van der Waals surface area contributed by atoms with Crippen LogP contribution in [0.5, 0.6) is 0 Å². The summed E-state index contributed by atoms with van der Waals surface area (Å²) in [6, 6.07) is 8.30. The van der Waals surface area contributed by atoms with Gasteiger partial charge in [0, 0.05) is 25.0 Å². The van der Waals surface area contributed by atoms with Crippen LogP contribution in [-0.2, 0) is 11.3 Å². The summed E-state index contributed by atoms with van der Waals surface area (Å²) in [4.78, 5) is 14.6. The lowest BCUT2D eigenvalue weighted by molar-refractivity contribution is 0.0331. The molecule has 1 N–H and O–H groups in total. The minimum Gasteiger partial charge on any atom is -0.379 e. The van der Waals surface area contributed by atoms with E-state index in [1.165, 1.54) is 45.3 Å². The number of para-hydroxylation sites is 1. The van der Waals surface area contributed by atoms with Crippen molar-refractivity contribution in [3.05, 3.63) is 30.1 Å². The number of nitrogens with one attached hydrogen (secondary N) is 1. The van der Waals surface area contributed by atoms with Crippen molar-refractivity contribution in [1.29, 1.82) is 0 Å². The summed E-state index contributed by atoms with van der Waals surface area (Å²) in [6.07, 6.45) is 5.17. The molecule has 0 atom stereocenters. The molecular formula is C21H31N5O. The van der Waals surface area contributed by atoms with Crippen molar-refractivity contribution in [2.45, 2.75) is 32.2 Å². The number of morpholine rings is 1. The van der Waals surface area contributed by atoms with E-state index in [0.29, 0.717) is 0 Å². The average molecular weight is 370 g/mol. The molecule has 0 saturated carbocycles. The number of anilines is 1. The average Bonchev–Trinajstić information content (AvgIpc) is 3.22. The fourth-order valence-corrected chi connectivity index (χ4v) is 3.96. The van der Waals surface area contributed by atoms with E-state index in [1.54, 1.807) is 0 Å². The van der Waals surface area contributed by atoms with E-state index in [1.807, 2.05) is 6.07 Å². The Kier molecular flexibility index (Phi) is 6.50. The Balaban J connectivity index is 1.37. The third kappa shape index (κ3) is 5.15. The summed E-state index contributed by atoms with van der Waals surface area (Å²) in [5.41, 5.74) is 1.02. The molecule has 146 valence electrons. The zero-order valence-electron chi connectivity index (χ0n) is 16.2. The summed E-state index contributed by atoms with van der Waals surface area (Å²) >= 11 is 0. The summed E-state index contributed by atoms with van der Waals surface area (Å²) < 4.78 is 5.45. The van der Waals surface area contributed by atoms with Crippen LogP contribution < -0.4 is 5.32 Å². The maximum Gasteiger partial charge on any atom is 0.145 e. The zero-order chi connectivity index (χ0) is 18.3. The molecule has 6 nitrogen and oxygen atoms in total. The molecule has 2 saturated heterocycles. The standard InChI is InChI=1S/C21H31N5O/c1-2-8-19-18(7-1)21(22-9-3-4-10-25-11-5-6-12-25)24-20(23-19)17-26-13-15-27-16-14-26/h1-2,7-8H,3-6,9-17H2,(H,22,23,24). The molecule has 1 aromatic carbocycles. The number of nitrogens with zero attached hydrogens (tertiary/aromatic N) is 4. The van der Waals surface area contributed by atoms with Crippen LogP contribution >= 0.6 is 0 Å². The Hall–Kier alpha value is -1.76. The summed E-state index contributed by atoms with van der Waals surface area (Å²) in [5, 5.41) is 4.69. The normalized spacial score (nSPS) is 19.0. The highest BCUT2D eigenvalue weighted by molar-refractivity contribution is 5.88. The van der Waals surface area contributed by atoms with Gasteiger partial charge in [0.1, 0.15) is 11.6 Å². The summed E-state index contributed by atoms with van der Waals surface area (Å²) in [5.74, 6) is 1.88. The number of hydrogen-bond donors (Lipinski definition) is 1. The third-order valence-corrected chi connectivity index (χ3v) is 5.51. The lowest BCUT2D eigenvalue weighted by atomic mass is 10.2. The quantitative estimate of drug-likeness (QED) is 0.722. The molecular weight excluding hydrogens is 338 g/mol. The van der Waals surface area contributed by atoms with E-state index in [0.717, 1.165) is 61.9 Å². The van der Waals surface area contributed by atoms with E-state index < -0.39 is 0 Å². The maximum atomic E-state index is 5.45. The van der Waals surface area contributed by atoms with E-state index in [9.17, 15) is 0 Å². The van der Waals surface area contributed by atoms with E-state index >= 15 is 0 Å². The number of unbranched alkanes of at least 4 members (excludes halogenated alkanes) is 1. The van der Waals surface area contributed by atoms with E-state index in [-0.39, 0.29) is 0 Å². The van der Waals surface area contributed by atoms with Gasteiger partial charge in [-0.1, -0.05) is 12.1 Å². The van der Waals surface area contributed by atoms with Crippen molar-refractivity contribution in [3.63, 3.8) is 0 Å². The Morgan fingerprint density at radius 3 is 2.59 bits per heavy atom. The molecule has 1 aromatic heterocycles. The van der Waals surface area contributed by atoms with Crippen LogP contribution in [0, 0.1) is 0 Å². The molecule has 2 aliphatic heterocycles. The van der Waals surface area contributed by atoms with Crippen molar-refractivity contribution in [3.8, 4) is 0 Å². The van der Waals surface area contributed by atoms with Crippen LogP contribution in [0.15, 0.2) is 24.3 Å². The van der Waals surface area contributed by atoms with Crippen LogP contribution in [0.2, 0.25) is 0 Å². The molecule has 0 amide bonds. The molecule has 0 radical (unpaired) electrons. The van der Waals surface area contributed by atoms with Crippen LogP contribution in [0.4, 0.5) is 5.82 Å². The van der Waals surface area contributed by atoms with E-state index in [4.69, 9.17) is 14.7 Å². The Labute approximate surface area is 161 Å². The van der Waals surface area contributed by atoms with Crippen molar-refractivity contribution >= 4 is 16.7 Å². The minimum atomic E-state index is 0.790. The second-order valence-electron chi connectivity index (χ2n) is 7.58. The van der Waals surface area contributed by atoms with Gasteiger partial charge in [-0.25, -0.2) is 9.97 Å². The van der Waals surface area contributed by atoms with Crippen molar-refractivity contribution in [1.82, 2.24) is 19.8 Å². The molecule has 3 heterocycles. The number of fused-ring (bicyclic) bond motifs is 1. The fraction of sp³-hybridized carbons (Fsp3) is 0.619. The first-order valence-electron chi connectivity index (χ1n) is 10.4.